The number of rotatable bonds is 3. The highest BCUT2D eigenvalue weighted by Crippen LogP contribution is 2.20. The first-order chi connectivity index (χ1) is 9.83. The van der Waals surface area contributed by atoms with Crippen molar-refractivity contribution < 1.29 is 12.8 Å². The fourth-order valence-corrected chi connectivity index (χ4v) is 2.75. The Morgan fingerprint density at radius 1 is 1.38 bits per heavy atom. The second-order valence-electron chi connectivity index (χ2n) is 4.29. The number of halogens is 1. The van der Waals surface area contributed by atoms with Gasteiger partial charge in [-0.15, -0.1) is 0 Å². The van der Waals surface area contributed by atoms with Gasteiger partial charge in [0.05, 0.1) is 22.3 Å². The second kappa shape index (κ2) is 5.38. The minimum absolute atomic E-state index is 0.118. The van der Waals surface area contributed by atoms with Gasteiger partial charge < -0.3 is 5.73 Å². The molecule has 6 nitrogen and oxygen atoms in total. The van der Waals surface area contributed by atoms with Crippen molar-refractivity contribution in [3.63, 3.8) is 0 Å². The molecule has 21 heavy (non-hydrogen) atoms. The highest BCUT2D eigenvalue weighted by Gasteiger charge is 2.18. The Bertz CT molecular complexity index is 844. The number of nitriles is 1. The maximum Gasteiger partial charge on any atom is 0.263 e. The van der Waals surface area contributed by atoms with Crippen molar-refractivity contribution in [2.45, 2.75) is 11.8 Å². The number of anilines is 2. The molecule has 0 saturated carbocycles. The second-order valence-corrected chi connectivity index (χ2v) is 5.98. The van der Waals surface area contributed by atoms with E-state index in [9.17, 15) is 12.8 Å². The van der Waals surface area contributed by atoms with Gasteiger partial charge in [-0.1, -0.05) is 0 Å². The summed E-state index contributed by atoms with van der Waals surface area (Å²) in [6.45, 7) is 1.65. The molecule has 108 valence electrons. The third-order valence-electron chi connectivity index (χ3n) is 2.70. The quantitative estimate of drug-likeness (QED) is 0.898. The van der Waals surface area contributed by atoms with Crippen LogP contribution in [0.3, 0.4) is 0 Å². The summed E-state index contributed by atoms with van der Waals surface area (Å²) < 4.78 is 39.9. The number of nitrogens with zero attached hydrogens (tertiary/aromatic N) is 2. The van der Waals surface area contributed by atoms with E-state index in [2.05, 4.69) is 9.71 Å². The Labute approximate surface area is 121 Å². The Balaban J connectivity index is 2.41. The number of hydrogen-bond acceptors (Lipinski definition) is 5. The van der Waals surface area contributed by atoms with E-state index in [1.807, 2.05) is 0 Å². The van der Waals surface area contributed by atoms with E-state index in [0.29, 0.717) is 11.3 Å². The Morgan fingerprint density at radius 2 is 2.10 bits per heavy atom. The van der Waals surface area contributed by atoms with Gasteiger partial charge in [-0.2, -0.15) is 5.26 Å². The summed E-state index contributed by atoms with van der Waals surface area (Å²) in [6, 6.07) is 6.12. The lowest BCUT2D eigenvalue weighted by molar-refractivity contribution is 0.599. The van der Waals surface area contributed by atoms with Crippen LogP contribution < -0.4 is 10.5 Å². The van der Waals surface area contributed by atoms with Gasteiger partial charge in [-0.3, -0.25) is 4.72 Å². The topological polar surface area (TPSA) is 109 Å². The molecule has 0 fully saturated rings. The van der Waals surface area contributed by atoms with Gasteiger partial charge in [0.15, 0.2) is 0 Å². The zero-order chi connectivity index (χ0) is 15.6. The smallest absolute Gasteiger partial charge is 0.263 e. The van der Waals surface area contributed by atoms with E-state index in [-0.39, 0.29) is 16.3 Å². The van der Waals surface area contributed by atoms with Crippen molar-refractivity contribution in [1.29, 1.82) is 5.26 Å². The standard InChI is InChI=1S/C13H11FN4O2S/c1-8-4-10(16)7-17-13(8)18-21(19,20)11-2-3-12(14)9(5-11)6-15/h2-5,7H,16H2,1H3,(H,17,18). The molecule has 0 saturated heterocycles. The zero-order valence-electron chi connectivity index (χ0n) is 11.0. The lowest BCUT2D eigenvalue weighted by atomic mass is 10.2. The first-order valence-electron chi connectivity index (χ1n) is 5.78. The Kier molecular flexibility index (Phi) is 3.78. The molecule has 2 aromatic rings. The van der Waals surface area contributed by atoms with Crippen LogP contribution in [0.25, 0.3) is 0 Å². The van der Waals surface area contributed by atoms with E-state index < -0.39 is 15.8 Å². The highest BCUT2D eigenvalue weighted by molar-refractivity contribution is 7.92. The van der Waals surface area contributed by atoms with Gasteiger partial charge in [-0.05, 0) is 36.8 Å². The normalized spacial score (nSPS) is 10.9. The number of nitrogen functional groups attached to an aromatic ring is 1. The number of benzene rings is 1. The average Bonchev–Trinajstić information content (AvgIpc) is 2.42. The minimum Gasteiger partial charge on any atom is -0.397 e. The van der Waals surface area contributed by atoms with Gasteiger partial charge in [0.25, 0.3) is 10.0 Å². The molecule has 0 bridgehead atoms. The molecular formula is C13H11FN4O2S. The van der Waals surface area contributed by atoms with E-state index in [1.165, 1.54) is 6.20 Å². The molecule has 2 rings (SSSR count). The van der Waals surface area contributed by atoms with Crippen molar-refractivity contribution in [2.75, 3.05) is 10.5 Å². The van der Waals surface area contributed by atoms with Crippen LogP contribution in [-0.2, 0) is 10.0 Å². The number of nitrogens with two attached hydrogens (primary N) is 1. The molecule has 1 aromatic carbocycles. The molecule has 0 aliphatic heterocycles. The summed E-state index contributed by atoms with van der Waals surface area (Å²) in [4.78, 5) is 3.67. The summed E-state index contributed by atoms with van der Waals surface area (Å²) in [5, 5.41) is 8.74. The number of pyridine rings is 1. The van der Waals surface area contributed by atoms with Gasteiger partial charge in [-0.25, -0.2) is 17.8 Å². The van der Waals surface area contributed by atoms with Crippen LogP contribution in [0, 0.1) is 24.1 Å². The van der Waals surface area contributed by atoms with Crippen LogP contribution in [0.2, 0.25) is 0 Å². The summed E-state index contributed by atoms with van der Waals surface area (Å²) in [5.74, 6) is -0.662. The van der Waals surface area contributed by atoms with Gasteiger partial charge in [0.1, 0.15) is 17.7 Å². The molecule has 0 aliphatic carbocycles. The molecule has 0 spiro atoms. The van der Waals surface area contributed by atoms with Crippen molar-refractivity contribution in [3.05, 3.63) is 47.4 Å². The van der Waals surface area contributed by atoms with Crippen molar-refractivity contribution in [2.24, 2.45) is 0 Å². The monoisotopic (exact) mass is 306 g/mol. The van der Waals surface area contributed by atoms with Crippen LogP contribution >= 0.6 is 0 Å². The zero-order valence-corrected chi connectivity index (χ0v) is 11.8. The molecule has 0 aliphatic rings. The van der Waals surface area contributed by atoms with Gasteiger partial charge in [0, 0.05) is 0 Å². The number of aryl methyl sites for hydroxylation is 1. The number of nitrogens with one attached hydrogen (secondary N) is 1. The molecule has 0 amide bonds. The van der Waals surface area contributed by atoms with E-state index in [1.54, 1.807) is 19.1 Å². The first-order valence-corrected chi connectivity index (χ1v) is 7.26. The van der Waals surface area contributed by atoms with Crippen molar-refractivity contribution in [1.82, 2.24) is 4.98 Å². The molecule has 8 heteroatoms. The lowest BCUT2D eigenvalue weighted by Gasteiger charge is -2.10. The van der Waals surface area contributed by atoms with Crippen LogP contribution in [0.15, 0.2) is 35.4 Å². The molecule has 0 radical (unpaired) electrons. The largest absolute Gasteiger partial charge is 0.397 e. The summed E-state index contributed by atoms with van der Waals surface area (Å²) in [6.07, 6.45) is 1.32. The number of aromatic nitrogens is 1. The van der Waals surface area contributed by atoms with Crippen molar-refractivity contribution in [3.8, 4) is 6.07 Å². The van der Waals surface area contributed by atoms with E-state index in [0.717, 1.165) is 18.2 Å². The van der Waals surface area contributed by atoms with E-state index in [4.69, 9.17) is 11.0 Å². The molecule has 0 atom stereocenters. The Hall–Kier alpha value is -2.66. The first kappa shape index (κ1) is 14.7. The molecule has 3 N–H and O–H groups in total. The maximum absolute atomic E-state index is 13.2. The highest BCUT2D eigenvalue weighted by atomic mass is 32.2. The SMILES string of the molecule is Cc1cc(N)cnc1NS(=O)(=O)c1ccc(F)c(C#N)c1. The lowest BCUT2D eigenvalue weighted by Crippen LogP contribution is -2.15. The van der Waals surface area contributed by atoms with Crippen LogP contribution in [0.4, 0.5) is 15.9 Å². The summed E-state index contributed by atoms with van der Waals surface area (Å²) >= 11 is 0. The van der Waals surface area contributed by atoms with Crippen LogP contribution in [0.1, 0.15) is 11.1 Å². The molecule has 1 aromatic heterocycles. The predicted molar refractivity (Wildman–Crippen MR) is 75.3 cm³/mol. The third-order valence-corrected chi connectivity index (χ3v) is 4.04. The molecule has 1 heterocycles. The number of sulfonamides is 1. The van der Waals surface area contributed by atoms with Gasteiger partial charge in [0.2, 0.25) is 0 Å². The van der Waals surface area contributed by atoms with Crippen molar-refractivity contribution >= 4 is 21.5 Å². The summed E-state index contributed by atoms with van der Waals surface area (Å²) in [5.41, 5.74) is 6.14. The Morgan fingerprint density at radius 3 is 2.71 bits per heavy atom. The van der Waals surface area contributed by atoms with E-state index >= 15 is 0 Å². The fourth-order valence-electron chi connectivity index (χ4n) is 1.65. The average molecular weight is 306 g/mol. The third kappa shape index (κ3) is 3.09. The van der Waals surface area contributed by atoms with Gasteiger partial charge >= 0.3 is 0 Å². The minimum atomic E-state index is -3.97. The number of hydrogen-bond donors (Lipinski definition) is 2. The summed E-state index contributed by atoms with van der Waals surface area (Å²) in [7, 11) is -3.97. The van der Waals surface area contributed by atoms with Crippen LogP contribution in [-0.4, -0.2) is 13.4 Å². The molecule has 0 unspecified atom stereocenters. The fraction of sp³-hybridized carbons (Fsp3) is 0.0769. The maximum atomic E-state index is 13.2. The molecular weight excluding hydrogens is 295 g/mol. The van der Waals surface area contributed by atoms with Crippen LogP contribution in [0.5, 0.6) is 0 Å². The predicted octanol–water partition coefficient (Wildman–Crippen LogP) is 1.78.